The average molecular weight is 389 g/mol. The van der Waals surface area contributed by atoms with E-state index in [-0.39, 0.29) is 23.7 Å². The Morgan fingerprint density at radius 1 is 0.963 bits per heavy atom. The number of aryl methyl sites for hydroxylation is 1. The first-order valence-corrected chi connectivity index (χ1v) is 8.91. The van der Waals surface area contributed by atoms with Crippen molar-refractivity contribution in [3.05, 3.63) is 47.0 Å². The van der Waals surface area contributed by atoms with Gasteiger partial charge in [0, 0.05) is 11.1 Å². The van der Waals surface area contributed by atoms with Gasteiger partial charge >= 0.3 is 0 Å². The van der Waals surface area contributed by atoms with Gasteiger partial charge < -0.3 is 20.1 Å². The smallest absolute Gasteiger partial charge is 0.228 e. The second kappa shape index (κ2) is 7.88. The Hall–Kier alpha value is -2.73. The molecule has 2 atom stereocenters. The number of hydrogen-bond donors (Lipinski definition) is 2. The fourth-order valence-electron chi connectivity index (χ4n) is 2.90. The number of rotatable bonds is 6. The number of methoxy groups -OCH3 is 2. The molecule has 142 valence electrons. The minimum Gasteiger partial charge on any atom is -0.495 e. The molecule has 0 aromatic heterocycles. The standard InChI is InChI=1S/C20H21ClN2O4/c1-11-8-16(18(27-3)10-14(11)21)23-20(25)13-9-12(13)19(24)22-15-6-4-5-7-17(15)26-2/h4-8,10,12-13H,9H2,1-3H3,(H,22,24)(H,23,25). The van der Waals surface area contributed by atoms with E-state index in [1.54, 1.807) is 31.4 Å². The fraction of sp³-hybridized carbons (Fsp3) is 0.300. The average Bonchev–Trinajstić information content (AvgIpc) is 3.46. The predicted molar refractivity (Wildman–Crippen MR) is 105 cm³/mol. The van der Waals surface area contributed by atoms with Gasteiger partial charge in [0.25, 0.3) is 0 Å². The number of hydrogen-bond acceptors (Lipinski definition) is 4. The monoisotopic (exact) mass is 388 g/mol. The van der Waals surface area contributed by atoms with Crippen LogP contribution in [0.4, 0.5) is 11.4 Å². The summed E-state index contributed by atoms with van der Waals surface area (Å²) in [4.78, 5) is 25.0. The van der Waals surface area contributed by atoms with Crippen molar-refractivity contribution in [2.24, 2.45) is 11.8 Å². The van der Waals surface area contributed by atoms with E-state index in [4.69, 9.17) is 21.1 Å². The Labute approximate surface area is 162 Å². The molecule has 3 rings (SSSR count). The predicted octanol–water partition coefficient (Wildman–Crippen LogP) is 3.88. The van der Waals surface area contributed by atoms with Crippen LogP contribution in [-0.4, -0.2) is 26.0 Å². The van der Waals surface area contributed by atoms with Gasteiger partial charge in [-0.15, -0.1) is 0 Å². The normalized spacial score (nSPS) is 17.8. The summed E-state index contributed by atoms with van der Waals surface area (Å²) in [6.07, 6.45) is 0.502. The maximum atomic E-state index is 12.5. The van der Waals surface area contributed by atoms with E-state index in [0.717, 1.165) is 5.56 Å². The molecule has 2 unspecified atom stereocenters. The number of ether oxygens (including phenoxy) is 2. The molecule has 0 aliphatic heterocycles. The number of para-hydroxylation sites is 2. The Morgan fingerprint density at radius 3 is 2.19 bits per heavy atom. The minimum absolute atomic E-state index is 0.195. The van der Waals surface area contributed by atoms with E-state index < -0.39 is 0 Å². The molecule has 1 saturated carbocycles. The van der Waals surface area contributed by atoms with E-state index in [9.17, 15) is 9.59 Å². The van der Waals surface area contributed by atoms with Crippen LogP contribution in [-0.2, 0) is 9.59 Å². The number of benzene rings is 2. The number of carbonyl (C=O) groups is 2. The molecule has 0 heterocycles. The Bertz CT molecular complexity index is 884. The van der Waals surface area contributed by atoms with E-state index in [1.807, 2.05) is 19.1 Å². The second-order valence-corrected chi connectivity index (χ2v) is 6.84. The number of halogens is 1. The number of anilines is 2. The first kappa shape index (κ1) is 19.0. The first-order chi connectivity index (χ1) is 12.9. The molecule has 1 fully saturated rings. The third kappa shape index (κ3) is 4.17. The van der Waals surface area contributed by atoms with Crippen LogP contribution in [0.25, 0.3) is 0 Å². The van der Waals surface area contributed by atoms with Gasteiger partial charge in [0.1, 0.15) is 11.5 Å². The molecule has 0 spiro atoms. The van der Waals surface area contributed by atoms with Gasteiger partial charge in [-0.2, -0.15) is 0 Å². The van der Waals surface area contributed by atoms with E-state index in [1.165, 1.54) is 7.11 Å². The Kier molecular flexibility index (Phi) is 5.56. The van der Waals surface area contributed by atoms with Gasteiger partial charge in [-0.1, -0.05) is 23.7 Å². The molecule has 0 radical (unpaired) electrons. The van der Waals surface area contributed by atoms with Gasteiger partial charge in [-0.05, 0) is 37.1 Å². The molecule has 0 saturated heterocycles. The molecule has 2 amide bonds. The lowest BCUT2D eigenvalue weighted by Gasteiger charge is -2.12. The third-order valence-electron chi connectivity index (χ3n) is 4.57. The molecule has 2 aromatic rings. The van der Waals surface area contributed by atoms with Crippen LogP contribution in [0.15, 0.2) is 36.4 Å². The van der Waals surface area contributed by atoms with Crippen LogP contribution in [0.2, 0.25) is 5.02 Å². The van der Waals surface area contributed by atoms with Crippen molar-refractivity contribution >= 4 is 34.8 Å². The van der Waals surface area contributed by atoms with Gasteiger partial charge in [0.05, 0.1) is 37.4 Å². The van der Waals surface area contributed by atoms with Gasteiger partial charge in [-0.25, -0.2) is 0 Å². The van der Waals surface area contributed by atoms with Crippen molar-refractivity contribution in [3.8, 4) is 11.5 Å². The van der Waals surface area contributed by atoms with Crippen LogP contribution < -0.4 is 20.1 Å². The highest BCUT2D eigenvalue weighted by molar-refractivity contribution is 6.31. The lowest BCUT2D eigenvalue weighted by atomic mass is 10.2. The molecule has 7 heteroatoms. The zero-order valence-electron chi connectivity index (χ0n) is 15.3. The van der Waals surface area contributed by atoms with Crippen molar-refractivity contribution < 1.29 is 19.1 Å². The second-order valence-electron chi connectivity index (χ2n) is 6.43. The maximum absolute atomic E-state index is 12.5. The molecule has 6 nitrogen and oxygen atoms in total. The molecule has 0 bridgehead atoms. The van der Waals surface area contributed by atoms with E-state index in [2.05, 4.69) is 10.6 Å². The van der Waals surface area contributed by atoms with Gasteiger partial charge in [-0.3, -0.25) is 9.59 Å². The molecular formula is C20H21ClN2O4. The largest absolute Gasteiger partial charge is 0.495 e. The lowest BCUT2D eigenvalue weighted by molar-refractivity contribution is -0.122. The molecule has 1 aliphatic rings. The van der Waals surface area contributed by atoms with Crippen molar-refractivity contribution in [1.82, 2.24) is 0 Å². The first-order valence-electron chi connectivity index (χ1n) is 8.53. The molecular weight excluding hydrogens is 368 g/mol. The molecule has 27 heavy (non-hydrogen) atoms. The van der Waals surface area contributed by atoms with Crippen molar-refractivity contribution in [3.63, 3.8) is 0 Å². The molecule has 2 N–H and O–H groups in total. The lowest BCUT2D eigenvalue weighted by Crippen LogP contribution is -2.21. The topological polar surface area (TPSA) is 76.7 Å². The zero-order valence-corrected chi connectivity index (χ0v) is 16.1. The Balaban J connectivity index is 1.64. The summed E-state index contributed by atoms with van der Waals surface area (Å²) in [5.74, 6) is -0.0905. The van der Waals surface area contributed by atoms with Crippen LogP contribution in [0.5, 0.6) is 11.5 Å². The molecule has 1 aliphatic carbocycles. The highest BCUT2D eigenvalue weighted by atomic mass is 35.5. The van der Waals surface area contributed by atoms with Crippen molar-refractivity contribution in [2.75, 3.05) is 24.9 Å². The van der Waals surface area contributed by atoms with E-state index in [0.29, 0.717) is 34.3 Å². The number of nitrogens with one attached hydrogen (secondary N) is 2. The maximum Gasteiger partial charge on any atom is 0.228 e. The SMILES string of the molecule is COc1ccccc1NC(=O)C1CC1C(=O)Nc1cc(C)c(Cl)cc1OC. The van der Waals surface area contributed by atoms with Crippen molar-refractivity contribution in [2.45, 2.75) is 13.3 Å². The summed E-state index contributed by atoms with van der Waals surface area (Å²) >= 11 is 6.09. The Morgan fingerprint density at radius 2 is 1.56 bits per heavy atom. The number of carbonyl (C=O) groups excluding carboxylic acids is 2. The fourth-order valence-corrected chi connectivity index (χ4v) is 3.06. The minimum atomic E-state index is -0.375. The summed E-state index contributed by atoms with van der Waals surface area (Å²) in [6, 6.07) is 10.6. The van der Waals surface area contributed by atoms with Crippen LogP contribution in [0.1, 0.15) is 12.0 Å². The van der Waals surface area contributed by atoms with Gasteiger partial charge in [0.2, 0.25) is 11.8 Å². The summed E-state index contributed by atoms with van der Waals surface area (Å²) in [7, 11) is 3.05. The summed E-state index contributed by atoms with van der Waals surface area (Å²) < 4.78 is 10.5. The van der Waals surface area contributed by atoms with Crippen LogP contribution in [0.3, 0.4) is 0 Å². The number of amides is 2. The summed E-state index contributed by atoms with van der Waals surface area (Å²) in [5, 5.41) is 6.22. The van der Waals surface area contributed by atoms with Crippen LogP contribution >= 0.6 is 11.6 Å². The quantitative estimate of drug-likeness (QED) is 0.787. The van der Waals surface area contributed by atoms with Crippen molar-refractivity contribution in [1.29, 1.82) is 0 Å². The molecule has 2 aromatic carbocycles. The van der Waals surface area contributed by atoms with E-state index >= 15 is 0 Å². The summed E-state index contributed by atoms with van der Waals surface area (Å²) in [5.41, 5.74) is 1.96. The zero-order chi connectivity index (χ0) is 19.6. The highest BCUT2D eigenvalue weighted by Crippen LogP contribution is 2.41. The third-order valence-corrected chi connectivity index (χ3v) is 4.97. The summed E-state index contributed by atoms with van der Waals surface area (Å²) in [6.45, 7) is 1.85. The highest BCUT2D eigenvalue weighted by Gasteiger charge is 2.48. The van der Waals surface area contributed by atoms with Gasteiger partial charge in [0.15, 0.2) is 0 Å². The van der Waals surface area contributed by atoms with Crippen LogP contribution in [0, 0.1) is 18.8 Å².